The fourth-order valence-corrected chi connectivity index (χ4v) is 3.32. The van der Waals surface area contributed by atoms with Crippen molar-refractivity contribution in [2.75, 3.05) is 26.7 Å². The molecule has 0 spiro atoms. The Bertz CT molecular complexity index is 548. The number of para-hydroxylation sites is 1. The number of ether oxygens (including phenoxy) is 1. The summed E-state index contributed by atoms with van der Waals surface area (Å²) in [5.74, 6) is 0.746. The second-order valence-electron chi connectivity index (χ2n) is 4.81. The largest absolute Gasteiger partial charge is 0.493 e. The lowest BCUT2D eigenvalue weighted by Gasteiger charge is -2.28. The number of rotatable bonds is 6. The smallest absolute Gasteiger partial charge is 0.279 e. The van der Waals surface area contributed by atoms with Gasteiger partial charge in [0.1, 0.15) is 5.75 Å². The van der Waals surface area contributed by atoms with Gasteiger partial charge >= 0.3 is 0 Å². The van der Waals surface area contributed by atoms with Crippen LogP contribution < -0.4 is 15.2 Å². The van der Waals surface area contributed by atoms with Crippen molar-refractivity contribution in [2.45, 2.75) is 18.9 Å². The number of hydrogen-bond donors (Lipinski definition) is 2. The Hall–Kier alpha value is -1.15. The number of nitrogens with one attached hydrogen (secondary N) is 1. The zero-order valence-corrected chi connectivity index (χ0v) is 12.4. The van der Waals surface area contributed by atoms with E-state index in [1.165, 1.54) is 4.31 Å². The van der Waals surface area contributed by atoms with E-state index in [0.717, 1.165) is 11.3 Å². The SMILES string of the molecule is CN(CCCN)S(=O)(=O)NC1CCOc2ccccc21. The van der Waals surface area contributed by atoms with Crippen LogP contribution in [-0.4, -0.2) is 39.5 Å². The average molecular weight is 299 g/mol. The minimum Gasteiger partial charge on any atom is -0.493 e. The highest BCUT2D eigenvalue weighted by Gasteiger charge is 2.27. The second-order valence-corrected chi connectivity index (χ2v) is 6.62. The molecule has 0 bridgehead atoms. The summed E-state index contributed by atoms with van der Waals surface area (Å²) in [6.45, 7) is 1.40. The van der Waals surface area contributed by atoms with Crippen LogP contribution in [0.3, 0.4) is 0 Å². The number of fused-ring (bicyclic) bond motifs is 1. The van der Waals surface area contributed by atoms with Crippen LogP contribution >= 0.6 is 0 Å². The van der Waals surface area contributed by atoms with Crippen LogP contribution in [0.1, 0.15) is 24.4 Å². The first kappa shape index (κ1) is 15.2. The number of nitrogens with zero attached hydrogens (tertiary/aromatic N) is 1. The van der Waals surface area contributed by atoms with Crippen molar-refractivity contribution in [2.24, 2.45) is 5.73 Å². The molecule has 0 amide bonds. The highest BCUT2D eigenvalue weighted by Crippen LogP contribution is 2.32. The molecule has 7 heteroatoms. The van der Waals surface area contributed by atoms with Crippen molar-refractivity contribution in [1.29, 1.82) is 0 Å². The monoisotopic (exact) mass is 299 g/mol. The van der Waals surface area contributed by atoms with E-state index < -0.39 is 10.2 Å². The zero-order chi connectivity index (χ0) is 14.6. The molecule has 1 aliphatic rings. The molecule has 20 heavy (non-hydrogen) atoms. The summed E-state index contributed by atoms with van der Waals surface area (Å²) in [4.78, 5) is 0. The van der Waals surface area contributed by atoms with Gasteiger partial charge in [-0.05, 0) is 19.0 Å². The fraction of sp³-hybridized carbons (Fsp3) is 0.538. The topological polar surface area (TPSA) is 84.7 Å². The third-order valence-electron chi connectivity index (χ3n) is 3.34. The van der Waals surface area contributed by atoms with Crippen molar-refractivity contribution in [3.8, 4) is 5.75 Å². The van der Waals surface area contributed by atoms with Gasteiger partial charge in [-0.2, -0.15) is 17.4 Å². The van der Waals surface area contributed by atoms with E-state index in [1.807, 2.05) is 24.3 Å². The molecule has 112 valence electrons. The normalized spacial score (nSPS) is 18.6. The maximum absolute atomic E-state index is 12.2. The van der Waals surface area contributed by atoms with Crippen molar-refractivity contribution >= 4 is 10.2 Å². The van der Waals surface area contributed by atoms with Crippen LogP contribution in [0, 0.1) is 0 Å². The van der Waals surface area contributed by atoms with Crippen LogP contribution in [-0.2, 0) is 10.2 Å². The molecule has 0 radical (unpaired) electrons. The van der Waals surface area contributed by atoms with Gasteiger partial charge in [0.2, 0.25) is 0 Å². The maximum Gasteiger partial charge on any atom is 0.279 e. The van der Waals surface area contributed by atoms with E-state index >= 15 is 0 Å². The van der Waals surface area contributed by atoms with Crippen molar-refractivity contribution in [3.05, 3.63) is 29.8 Å². The standard InChI is InChI=1S/C13H21N3O3S/c1-16(9-4-8-14)20(17,18)15-12-7-10-19-13-6-3-2-5-11(12)13/h2-3,5-6,12,15H,4,7-10,14H2,1H3. The van der Waals surface area contributed by atoms with Crippen LogP contribution in [0.15, 0.2) is 24.3 Å². The molecule has 1 unspecified atom stereocenters. The molecule has 1 aromatic carbocycles. The molecule has 1 aliphatic heterocycles. The summed E-state index contributed by atoms with van der Waals surface area (Å²) in [6, 6.07) is 7.26. The highest BCUT2D eigenvalue weighted by molar-refractivity contribution is 7.87. The number of nitrogens with two attached hydrogens (primary N) is 1. The van der Waals surface area contributed by atoms with Crippen molar-refractivity contribution < 1.29 is 13.2 Å². The van der Waals surface area contributed by atoms with E-state index in [9.17, 15) is 8.42 Å². The number of hydrogen-bond acceptors (Lipinski definition) is 4. The summed E-state index contributed by atoms with van der Waals surface area (Å²) in [7, 11) is -1.94. The molecule has 0 aliphatic carbocycles. The Kier molecular flexibility index (Phi) is 4.98. The van der Waals surface area contributed by atoms with Gasteiger partial charge in [0.05, 0.1) is 12.6 Å². The minimum absolute atomic E-state index is 0.245. The molecule has 0 saturated carbocycles. The zero-order valence-electron chi connectivity index (χ0n) is 11.6. The summed E-state index contributed by atoms with van der Waals surface area (Å²) >= 11 is 0. The predicted octanol–water partition coefficient (Wildman–Crippen LogP) is 0.625. The van der Waals surface area contributed by atoms with E-state index in [4.69, 9.17) is 10.5 Å². The molecule has 2 rings (SSSR count). The lowest BCUT2D eigenvalue weighted by atomic mass is 10.0. The van der Waals surface area contributed by atoms with Crippen LogP contribution in [0.4, 0.5) is 0 Å². The first-order valence-corrected chi connectivity index (χ1v) is 8.14. The fourth-order valence-electron chi connectivity index (χ4n) is 2.17. The lowest BCUT2D eigenvalue weighted by molar-refractivity contribution is 0.261. The summed E-state index contributed by atoms with van der Waals surface area (Å²) in [5.41, 5.74) is 6.29. The molecular weight excluding hydrogens is 278 g/mol. The maximum atomic E-state index is 12.2. The van der Waals surface area contributed by atoms with E-state index in [-0.39, 0.29) is 6.04 Å². The van der Waals surface area contributed by atoms with Crippen LogP contribution in [0.5, 0.6) is 5.75 Å². The van der Waals surface area contributed by atoms with Gasteiger partial charge < -0.3 is 10.5 Å². The Balaban J connectivity index is 2.10. The van der Waals surface area contributed by atoms with Gasteiger partial charge in [0, 0.05) is 25.6 Å². The highest BCUT2D eigenvalue weighted by atomic mass is 32.2. The first-order chi connectivity index (χ1) is 9.54. The molecule has 0 fully saturated rings. The summed E-state index contributed by atoms with van der Waals surface area (Å²) < 4.78 is 34.1. The third kappa shape index (κ3) is 3.49. The number of benzene rings is 1. The quantitative estimate of drug-likeness (QED) is 0.806. The van der Waals surface area contributed by atoms with Gasteiger partial charge in [-0.3, -0.25) is 0 Å². The van der Waals surface area contributed by atoms with Gasteiger partial charge in [0.25, 0.3) is 10.2 Å². The molecule has 0 aromatic heterocycles. The minimum atomic E-state index is -3.50. The first-order valence-electron chi connectivity index (χ1n) is 6.70. The van der Waals surface area contributed by atoms with Crippen LogP contribution in [0.25, 0.3) is 0 Å². The molecular formula is C13H21N3O3S. The van der Waals surface area contributed by atoms with E-state index in [1.54, 1.807) is 7.05 Å². The van der Waals surface area contributed by atoms with Crippen molar-refractivity contribution in [3.63, 3.8) is 0 Å². The van der Waals surface area contributed by atoms with Gasteiger partial charge in [0.15, 0.2) is 0 Å². The Labute approximate surface area is 120 Å². The summed E-state index contributed by atoms with van der Waals surface area (Å²) in [6.07, 6.45) is 1.27. The second kappa shape index (κ2) is 6.53. The third-order valence-corrected chi connectivity index (χ3v) is 4.92. The van der Waals surface area contributed by atoms with E-state index in [0.29, 0.717) is 32.5 Å². The Morgan fingerprint density at radius 2 is 2.20 bits per heavy atom. The van der Waals surface area contributed by atoms with Gasteiger partial charge in [-0.15, -0.1) is 0 Å². The summed E-state index contributed by atoms with van der Waals surface area (Å²) in [5, 5.41) is 0. The van der Waals surface area contributed by atoms with Crippen LogP contribution in [0.2, 0.25) is 0 Å². The van der Waals surface area contributed by atoms with Gasteiger partial charge in [-0.25, -0.2) is 0 Å². The van der Waals surface area contributed by atoms with Crippen molar-refractivity contribution in [1.82, 2.24) is 9.03 Å². The molecule has 0 saturated heterocycles. The Morgan fingerprint density at radius 3 is 2.95 bits per heavy atom. The molecule has 3 N–H and O–H groups in total. The molecule has 1 aromatic rings. The van der Waals surface area contributed by atoms with Gasteiger partial charge in [-0.1, -0.05) is 18.2 Å². The molecule has 1 heterocycles. The average Bonchev–Trinajstić information content (AvgIpc) is 2.44. The molecule has 1 atom stereocenters. The Morgan fingerprint density at radius 1 is 1.45 bits per heavy atom. The van der Waals surface area contributed by atoms with E-state index in [2.05, 4.69) is 4.72 Å². The predicted molar refractivity (Wildman–Crippen MR) is 77.7 cm³/mol. The molecule has 6 nitrogen and oxygen atoms in total. The lowest BCUT2D eigenvalue weighted by Crippen LogP contribution is -2.42.